The van der Waals surface area contributed by atoms with Crippen molar-refractivity contribution >= 4 is 17.8 Å². The minimum atomic E-state index is -0.769. The normalized spacial score (nSPS) is 13.9. The van der Waals surface area contributed by atoms with Gasteiger partial charge in [0.1, 0.15) is 19.0 Å². The van der Waals surface area contributed by atoms with Crippen molar-refractivity contribution in [2.75, 3.05) is 25.6 Å². The Balaban J connectivity index is 1.57. The molecule has 1 atom stereocenters. The van der Waals surface area contributed by atoms with Crippen LogP contribution in [0.5, 0.6) is 17.2 Å². The van der Waals surface area contributed by atoms with Gasteiger partial charge >= 0.3 is 0 Å². The van der Waals surface area contributed by atoms with Crippen LogP contribution in [0.1, 0.15) is 12.5 Å². The molecule has 0 spiro atoms. The molecule has 1 aliphatic rings. The molecule has 1 N–H and O–H groups in total. The Morgan fingerprint density at radius 3 is 2.77 bits per heavy atom. The summed E-state index contributed by atoms with van der Waals surface area (Å²) in [5.41, 5.74) is 1.36. The molecule has 0 saturated heterocycles. The molecular formula is C19H20N2O5. The zero-order chi connectivity index (χ0) is 18.4. The van der Waals surface area contributed by atoms with E-state index in [4.69, 9.17) is 19.0 Å². The molecule has 2 aromatic carbocycles. The molecule has 1 heterocycles. The van der Waals surface area contributed by atoms with Crippen molar-refractivity contribution in [1.29, 1.82) is 0 Å². The van der Waals surface area contributed by atoms with Crippen LogP contribution in [0.3, 0.4) is 0 Å². The number of amides is 1. The van der Waals surface area contributed by atoms with E-state index in [0.29, 0.717) is 36.1 Å². The first kappa shape index (κ1) is 17.6. The molecule has 0 fully saturated rings. The average Bonchev–Trinajstić information content (AvgIpc) is 2.68. The quantitative estimate of drug-likeness (QED) is 0.636. The van der Waals surface area contributed by atoms with Crippen molar-refractivity contribution in [3.63, 3.8) is 0 Å². The van der Waals surface area contributed by atoms with Gasteiger partial charge in [0.2, 0.25) is 6.10 Å². The molecular weight excluding hydrogens is 336 g/mol. The van der Waals surface area contributed by atoms with Crippen molar-refractivity contribution in [3.8, 4) is 17.2 Å². The summed E-state index contributed by atoms with van der Waals surface area (Å²) in [6, 6.07) is 12.6. The van der Waals surface area contributed by atoms with Gasteiger partial charge in [0.05, 0.1) is 13.3 Å². The standard InChI is InChI=1S/C19H20N2O5/c1-13(26-20-12-14-5-3-4-6-16(14)23-2)19(22)21-15-7-8-17-18(11-15)25-10-9-24-17/h3-8,11-13H,9-10H2,1-2H3,(H,21,22)/b20-12-/t13-/m1/s1. The molecule has 1 aliphatic heterocycles. The molecule has 0 radical (unpaired) electrons. The first-order valence-electron chi connectivity index (χ1n) is 8.20. The minimum absolute atomic E-state index is 0.321. The minimum Gasteiger partial charge on any atom is -0.496 e. The number of anilines is 1. The molecule has 1 amide bonds. The number of para-hydroxylation sites is 1. The van der Waals surface area contributed by atoms with E-state index < -0.39 is 6.10 Å². The lowest BCUT2D eigenvalue weighted by molar-refractivity contribution is -0.126. The molecule has 0 aliphatic carbocycles. The van der Waals surface area contributed by atoms with E-state index in [1.165, 1.54) is 6.21 Å². The zero-order valence-electron chi connectivity index (χ0n) is 14.6. The molecule has 0 aromatic heterocycles. The Morgan fingerprint density at radius 1 is 1.19 bits per heavy atom. The number of carbonyl (C=O) groups excluding carboxylic acids is 1. The van der Waals surface area contributed by atoms with Gasteiger partial charge in [-0.3, -0.25) is 4.79 Å². The highest BCUT2D eigenvalue weighted by molar-refractivity contribution is 5.94. The largest absolute Gasteiger partial charge is 0.496 e. The third-order valence-corrected chi connectivity index (χ3v) is 3.73. The lowest BCUT2D eigenvalue weighted by Crippen LogP contribution is -2.26. The van der Waals surface area contributed by atoms with Crippen LogP contribution in [0, 0.1) is 0 Å². The first-order valence-corrected chi connectivity index (χ1v) is 8.20. The predicted octanol–water partition coefficient (Wildman–Crippen LogP) is 2.84. The highest BCUT2D eigenvalue weighted by Gasteiger charge is 2.17. The third kappa shape index (κ3) is 4.24. The number of methoxy groups -OCH3 is 1. The summed E-state index contributed by atoms with van der Waals surface area (Å²) in [6.45, 7) is 2.63. The summed E-state index contributed by atoms with van der Waals surface area (Å²) in [7, 11) is 1.58. The van der Waals surface area contributed by atoms with Crippen molar-refractivity contribution in [1.82, 2.24) is 0 Å². The van der Waals surface area contributed by atoms with Crippen molar-refractivity contribution < 1.29 is 23.8 Å². The number of hydrogen-bond donors (Lipinski definition) is 1. The molecule has 136 valence electrons. The van der Waals surface area contributed by atoms with Gasteiger partial charge < -0.3 is 24.4 Å². The monoisotopic (exact) mass is 356 g/mol. The molecule has 7 nitrogen and oxygen atoms in total. The molecule has 2 aromatic rings. The Kier molecular flexibility index (Phi) is 5.58. The molecule has 0 unspecified atom stereocenters. The second-order valence-corrected chi connectivity index (χ2v) is 5.57. The fourth-order valence-electron chi connectivity index (χ4n) is 2.36. The summed E-state index contributed by atoms with van der Waals surface area (Å²) in [5, 5.41) is 6.64. The van der Waals surface area contributed by atoms with Gasteiger partial charge in [-0.15, -0.1) is 0 Å². The second-order valence-electron chi connectivity index (χ2n) is 5.57. The van der Waals surface area contributed by atoms with Crippen molar-refractivity contribution in [2.45, 2.75) is 13.0 Å². The van der Waals surface area contributed by atoms with Crippen LogP contribution in [0.2, 0.25) is 0 Å². The first-order chi connectivity index (χ1) is 12.7. The third-order valence-electron chi connectivity index (χ3n) is 3.73. The van der Waals surface area contributed by atoms with E-state index in [1.54, 1.807) is 32.2 Å². The highest BCUT2D eigenvalue weighted by atomic mass is 16.6. The van der Waals surface area contributed by atoms with Gasteiger partial charge in [0.25, 0.3) is 5.91 Å². The zero-order valence-corrected chi connectivity index (χ0v) is 14.6. The SMILES string of the molecule is COc1ccccc1/C=N\O[C@H](C)C(=O)Nc1ccc2c(c1)OCCO2. The molecule has 7 heteroatoms. The van der Waals surface area contributed by atoms with Gasteiger partial charge in [0.15, 0.2) is 11.5 Å². The van der Waals surface area contributed by atoms with Gasteiger partial charge in [-0.2, -0.15) is 0 Å². The average molecular weight is 356 g/mol. The molecule has 26 heavy (non-hydrogen) atoms. The molecule has 0 saturated carbocycles. The van der Waals surface area contributed by atoms with E-state index in [1.807, 2.05) is 24.3 Å². The Bertz CT molecular complexity index is 806. The van der Waals surface area contributed by atoms with Crippen LogP contribution < -0.4 is 19.5 Å². The van der Waals surface area contributed by atoms with E-state index in [-0.39, 0.29) is 5.91 Å². The molecule has 0 bridgehead atoms. The number of rotatable bonds is 6. The Morgan fingerprint density at radius 2 is 1.96 bits per heavy atom. The van der Waals surface area contributed by atoms with Crippen molar-refractivity contribution in [3.05, 3.63) is 48.0 Å². The number of carbonyl (C=O) groups is 1. The number of oxime groups is 1. The summed E-state index contributed by atoms with van der Waals surface area (Å²) in [4.78, 5) is 17.5. The number of nitrogens with one attached hydrogen (secondary N) is 1. The predicted molar refractivity (Wildman–Crippen MR) is 97.2 cm³/mol. The maximum atomic E-state index is 12.2. The van der Waals surface area contributed by atoms with E-state index in [2.05, 4.69) is 10.5 Å². The Labute approximate surface area is 151 Å². The number of nitrogens with zero attached hydrogens (tertiary/aromatic N) is 1. The fraction of sp³-hybridized carbons (Fsp3) is 0.263. The molecule has 3 rings (SSSR count). The van der Waals surface area contributed by atoms with Gasteiger partial charge in [-0.05, 0) is 31.2 Å². The van der Waals surface area contributed by atoms with Gasteiger partial charge in [0, 0.05) is 17.3 Å². The Hall–Kier alpha value is -3.22. The fourth-order valence-corrected chi connectivity index (χ4v) is 2.36. The number of ether oxygens (including phenoxy) is 3. The maximum Gasteiger partial charge on any atom is 0.267 e. The van der Waals surface area contributed by atoms with Crippen LogP contribution >= 0.6 is 0 Å². The maximum absolute atomic E-state index is 12.2. The van der Waals surface area contributed by atoms with E-state index in [9.17, 15) is 4.79 Å². The van der Waals surface area contributed by atoms with E-state index in [0.717, 1.165) is 5.56 Å². The highest BCUT2D eigenvalue weighted by Crippen LogP contribution is 2.32. The lowest BCUT2D eigenvalue weighted by Gasteiger charge is -2.19. The number of benzene rings is 2. The lowest BCUT2D eigenvalue weighted by atomic mass is 10.2. The van der Waals surface area contributed by atoms with Crippen LogP contribution in [0.15, 0.2) is 47.6 Å². The second kappa shape index (κ2) is 8.24. The summed E-state index contributed by atoms with van der Waals surface area (Å²) in [6.07, 6.45) is 0.737. The van der Waals surface area contributed by atoms with Gasteiger partial charge in [-0.25, -0.2) is 0 Å². The van der Waals surface area contributed by atoms with Crippen LogP contribution in [0.4, 0.5) is 5.69 Å². The van der Waals surface area contributed by atoms with Crippen LogP contribution in [0.25, 0.3) is 0 Å². The summed E-state index contributed by atoms with van der Waals surface area (Å²) in [5.74, 6) is 1.63. The van der Waals surface area contributed by atoms with Crippen LogP contribution in [-0.4, -0.2) is 38.5 Å². The van der Waals surface area contributed by atoms with Gasteiger partial charge in [-0.1, -0.05) is 17.3 Å². The van der Waals surface area contributed by atoms with E-state index >= 15 is 0 Å². The van der Waals surface area contributed by atoms with Crippen molar-refractivity contribution in [2.24, 2.45) is 5.16 Å². The number of fused-ring (bicyclic) bond motifs is 1. The number of hydrogen-bond acceptors (Lipinski definition) is 6. The topological polar surface area (TPSA) is 78.4 Å². The van der Waals surface area contributed by atoms with Crippen LogP contribution in [-0.2, 0) is 9.63 Å². The summed E-state index contributed by atoms with van der Waals surface area (Å²) < 4.78 is 16.2. The summed E-state index contributed by atoms with van der Waals surface area (Å²) >= 11 is 0. The smallest absolute Gasteiger partial charge is 0.267 e.